The summed E-state index contributed by atoms with van der Waals surface area (Å²) >= 11 is 0. The van der Waals surface area contributed by atoms with E-state index in [9.17, 15) is 0 Å². The van der Waals surface area contributed by atoms with Crippen LogP contribution in [0.5, 0.6) is 11.5 Å². The van der Waals surface area contributed by atoms with E-state index in [4.69, 9.17) is 14.0 Å². The van der Waals surface area contributed by atoms with Crippen LogP contribution in [-0.2, 0) is 13.2 Å². The Morgan fingerprint density at radius 2 is 2.17 bits per heavy atom. The van der Waals surface area contributed by atoms with E-state index in [1.165, 1.54) is 0 Å². The van der Waals surface area contributed by atoms with Crippen LogP contribution in [-0.4, -0.2) is 19.3 Å². The molecule has 1 N–H and O–H groups in total. The second-order valence-corrected chi connectivity index (χ2v) is 3.84. The first-order valence-corrected chi connectivity index (χ1v) is 5.66. The van der Waals surface area contributed by atoms with Crippen molar-refractivity contribution >= 4 is 0 Å². The molecule has 0 saturated carbocycles. The average Bonchev–Trinajstić information content (AvgIpc) is 2.90. The molecular formula is C13H16N2O3. The molecule has 0 aliphatic carbocycles. The van der Waals surface area contributed by atoms with Crippen LogP contribution in [0.25, 0.3) is 0 Å². The maximum absolute atomic E-state index is 5.71. The number of benzene rings is 1. The van der Waals surface area contributed by atoms with Crippen LogP contribution in [0.4, 0.5) is 0 Å². The van der Waals surface area contributed by atoms with Gasteiger partial charge in [0.25, 0.3) is 0 Å². The second kappa shape index (κ2) is 6.07. The summed E-state index contributed by atoms with van der Waals surface area (Å²) in [6.07, 6.45) is 3.19. The van der Waals surface area contributed by atoms with Crippen molar-refractivity contribution in [3.8, 4) is 11.5 Å². The van der Waals surface area contributed by atoms with Gasteiger partial charge in [0.1, 0.15) is 12.9 Å². The molecule has 0 unspecified atom stereocenters. The largest absolute Gasteiger partial charge is 0.493 e. The summed E-state index contributed by atoms with van der Waals surface area (Å²) in [5.41, 5.74) is 2.02. The molecule has 0 atom stereocenters. The van der Waals surface area contributed by atoms with Gasteiger partial charge in [-0.2, -0.15) is 0 Å². The molecule has 2 rings (SSSR count). The van der Waals surface area contributed by atoms with E-state index in [0.717, 1.165) is 17.7 Å². The van der Waals surface area contributed by atoms with Gasteiger partial charge >= 0.3 is 0 Å². The van der Waals surface area contributed by atoms with E-state index in [-0.39, 0.29) is 0 Å². The summed E-state index contributed by atoms with van der Waals surface area (Å²) in [4.78, 5) is 0. The van der Waals surface area contributed by atoms with Gasteiger partial charge in [0.15, 0.2) is 11.5 Å². The average molecular weight is 248 g/mol. The van der Waals surface area contributed by atoms with Gasteiger partial charge in [0.05, 0.1) is 13.3 Å². The predicted molar refractivity (Wildman–Crippen MR) is 66.6 cm³/mol. The van der Waals surface area contributed by atoms with E-state index in [2.05, 4.69) is 10.5 Å². The molecule has 0 saturated heterocycles. The third-order valence-corrected chi connectivity index (χ3v) is 2.49. The Kier molecular flexibility index (Phi) is 4.20. The van der Waals surface area contributed by atoms with E-state index >= 15 is 0 Å². The van der Waals surface area contributed by atoms with Crippen LogP contribution in [0.15, 0.2) is 35.2 Å². The summed E-state index contributed by atoms with van der Waals surface area (Å²) in [7, 11) is 3.53. The molecule has 1 aromatic heterocycles. The lowest BCUT2D eigenvalue weighted by Crippen LogP contribution is -2.05. The van der Waals surface area contributed by atoms with Crippen LogP contribution in [0.2, 0.25) is 0 Å². The van der Waals surface area contributed by atoms with Gasteiger partial charge in [-0.1, -0.05) is 11.2 Å². The Labute approximate surface area is 106 Å². The molecule has 96 valence electrons. The van der Waals surface area contributed by atoms with Crippen LogP contribution in [0.3, 0.4) is 0 Å². The molecule has 1 aromatic carbocycles. The molecule has 0 aliphatic heterocycles. The fourth-order valence-electron chi connectivity index (χ4n) is 1.61. The SMILES string of the molecule is CNCc1ccc(OC)c(OCc2cnoc2)c1. The molecular weight excluding hydrogens is 232 g/mol. The lowest BCUT2D eigenvalue weighted by atomic mass is 10.2. The number of ether oxygens (including phenoxy) is 2. The standard InChI is InChI=1S/C13H16N2O3/c1-14-6-10-3-4-12(16-2)13(5-10)17-8-11-7-15-18-9-11/h3-5,7,9,14H,6,8H2,1-2H3. The third kappa shape index (κ3) is 3.01. The quantitative estimate of drug-likeness (QED) is 0.847. The van der Waals surface area contributed by atoms with Gasteiger partial charge in [-0.25, -0.2) is 0 Å². The fraction of sp³-hybridized carbons (Fsp3) is 0.308. The Morgan fingerprint density at radius 3 is 2.83 bits per heavy atom. The highest BCUT2D eigenvalue weighted by molar-refractivity contribution is 5.43. The first-order chi connectivity index (χ1) is 8.83. The van der Waals surface area contributed by atoms with Gasteiger partial charge in [0, 0.05) is 12.1 Å². The second-order valence-electron chi connectivity index (χ2n) is 3.84. The number of nitrogens with one attached hydrogen (secondary N) is 1. The highest BCUT2D eigenvalue weighted by Gasteiger charge is 2.06. The van der Waals surface area contributed by atoms with Crippen molar-refractivity contribution < 1.29 is 14.0 Å². The molecule has 5 nitrogen and oxygen atoms in total. The first kappa shape index (κ1) is 12.4. The van der Waals surface area contributed by atoms with Gasteiger partial charge in [-0.05, 0) is 24.7 Å². The number of aromatic nitrogens is 1. The molecule has 0 bridgehead atoms. The maximum Gasteiger partial charge on any atom is 0.161 e. The minimum Gasteiger partial charge on any atom is -0.493 e. The zero-order valence-corrected chi connectivity index (χ0v) is 10.5. The molecule has 0 spiro atoms. The molecule has 2 aromatic rings. The van der Waals surface area contributed by atoms with Crippen molar-refractivity contribution in [2.45, 2.75) is 13.2 Å². The van der Waals surface area contributed by atoms with Gasteiger partial charge in [-0.3, -0.25) is 0 Å². The Bertz CT molecular complexity index is 483. The lowest BCUT2D eigenvalue weighted by molar-refractivity contribution is 0.283. The third-order valence-electron chi connectivity index (χ3n) is 2.49. The number of methoxy groups -OCH3 is 1. The Balaban J connectivity index is 2.10. The van der Waals surface area contributed by atoms with E-state index in [1.807, 2.05) is 25.2 Å². The smallest absolute Gasteiger partial charge is 0.161 e. The van der Waals surface area contributed by atoms with Gasteiger partial charge in [-0.15, -0.1) is 0 Å². The highest BCUT2D eigenvalue weighted by atomic mass is 16.5. The Morgan fingerprint density at radius 1 is 1.28 bits per heavy atom. The predicted octanol–water partition coefficient (Wildman–Crippen LogP) is 1.98. The summed E-state index contributed by atoms with van der Waals surface area (Å²) in [6, 6.07) is 5.86. The minimum absolute atomic E-state index is 0.406. The van der Waals surface area contributed by atoms with E-state index in [0.29, 0.717) is 18.1 Å². The van der Waals surface area contributed by atoms with Gasteiger partial charge < -0.3 is 19.3 Å². The summed E-state index contributed by atoms with van der Waals surface area (Å²) < 4.78 is 15.7. The van der Waals surface area contributed by atoms with E-state index < -0.39 is 0 Å². The molecule has 0 amide bonds. The fourth-order valence-corrected chi connectivity index (χ4v) is 1.61. The van der Waals surface area contributed by atoms with E-state index in [1.54, 1.807) is 19.6 Å². The first-order valence-electron chi connectivity index (χ1n) is 5.66. The number of hydrogen-bond donors (Lipinski definition) is 1. The molecule has 1 heterocycles. The van der Waals surface area contributed by atoms with Crippen LogP contribution < -0.4 is 14.8 Å². The molecule has 0 aliphatic rings. The monoisotopic (exact) mass is 248 g/mol. The Hall–Kier alpha value is -2.01. The lowest BCUT2D eigenvalue weighted by Gasteiger charge is -2.11. The van der Waals surface area contributed by atoms with Crippen LogP contribution in [0, 0.1) is 0 Å². The number of nitrogens with zero attached hydrogens (tertiary/aromatic N) is 1. The molecule has 0 fully saturated rings. The van der Waals surface area contributed by atoms with Crippen LogP contribution in [0.1, 0.15) is 11.1 Å². The molecule has 0 radical (unpaired) electrons. The minimum atomic E-state index is 0.406. The summed E-state index contributed by atoms with van der Waals surface area (Å²) in [5.74, 6) is 1.43. The van der Waals surface area contributed by atoms with Crippen molar-refractivity contribution in [1.82, 2.24) is 10.5 Å². The van der Waals surface area contributed by atoms with Crippen molar-refractivity contribution in [3.63, 3.8) is 0 Å². The normalized spacial score (nSPS) is 10.3. The number of rotatable bonds is 6. The van der Waals surface area contributed by atoms with Gasteiger partial charge in [0.2, 0.25) is 0 Å². The van der Waals surface area contributed by atoms with Crippen LogP contribution >= 0.6 is 0 Å². The van der Waals surface area contributed by atoms with Crippen molar-refractivity contribution in [2.75, 3.05) is 14.2 Å². The van der Waals surface area contributed by atoms with Crippen molar-refractivity contribution in [1.29, 1.82) is 0 Å². The topological polar surface area (TPSA) is 56.5 Å². The summed E-state index contributed by atoms with van der Waals surface area (Å²) in [6.45, 7) is 1.19. The summed E-state index contributed by atoms with van der Waals surface area (Å²) in [5, 5.41) is 6.72. The maximum atomic E-state index is 5.71. The zero-order chi connectivity index (χ0) is 12.8. The van der Waals surface area contributed by atoms with Crippen molar-refractivity contribution in [3.05, 3.63) is 41.8 Å². The van der Waals surface area contributed by atoms with Crippen molar-refractivity contribution in [2.24, 2.45) is 0 Å². The molecule has 18 heavy (non-hydrogen) atoms. The molecule has 5 heteroatoms. The highest BCUT2D eigenvalue weighted by Crippen LogP contribution is 2.28. The number of hydrogen-bond acceptors (Lipinski definition) is 5. The zero-order valence-electron chi connectivity index (χ0n) is 10.5.